The van der Waals surface area contributed by atoms with Crippen LogP contribution in [0.3, 0.4) is 0 Å². The molecule has 0 spiro atoms. The molecule has 2 aliphatic rings. The van der Waals surface area contributed by atoms with E-state index >= 15 is 0 Å². The monoisotopic (exact) mass is 329 g/mol. The number of fused-ring (bicyclic) bond motifs is 1. The largest absolute Gasteiger partial charge is 0.339 e. The van der Waals surface area contributed by atoms with E-state index in [1.165, 1.54) is 6.07 Å². The first-order valence-corrected chi connectivity index (χ1v) is 9.49. The summed E-state index contributed by atoms with van der Waals surface area (Å²) in [4.78, 5) is 14.3. The zero-order valence-electron chi connectivity index (χ0n) is 11.6. The first-order valence-electron chi connectivity index (χ1n) is 7.06. The van der Waals surface area contributed by atoms with Crippen LogP contribution in [0.25, 0.3) is 0 Å². The second-order valence-corrected chi connectivity index (χ2v) is 8.45. The van der Waals surface area contributed by atoms with Crippen molar-refractivity contribution in [3.05, 3.63) is 17.0 Å². The Balaban J connectivity index is 1.72. The number of rotatable bonds is 2. The van der Waals surface area contributed by atoms with Gasteiger partial charge in [0.15, 0.2) is 0 Å². The minimum Gasteiger partial charge on any atom is -0.339 e. The molecule has 1 aromatic rings. The van der Waals surface area contributed by atoms with E-state index in [0.717, 1.165) is 50.4 Å². The van der Waals surface area contributed by atoms with E-state index in [2.05, 4.69) is 5.32 Å². The zero-order valence-corrected chi connectivity index (χ0v) is 13.3. The van der Waals surface area contributed by atoms with Gasteiger partial charge >= 0.3 is 0 Å². The average Bonchev–Trinajstić information content (AvgIpc) is 3.03. The molecular weight excluding hydrogens is 310 g/mol. The Morgan fingerprint density at radius 3 is 2.43 bits per heavy atom. The second kappa shape index (κ2) is 5.68. The van der Waals surface area contributed by atoms with Gasteiger partial charge in [-0.1, -0.05) is 0 Å². The predicted octanol–water partition coefficient (Wildman–Crippen LogP) is 0.467. The van der Waals surface area contributed by atoms with Gasteiger partial charge in [-0.25, -0.2) is 13.6 Å². The number of nitrogens with one attached hydrogen (secondary N) is 1. The highest BCUT2D eigenvalue weighted by Crippen LogP contribution is 2.28. The molecule has 2 saturated heterocycles. The van der Waals surface area contributed by atoms with Gasteiger partial charge in [0.1, 0.15) is 4.21 Å². The van der Waals surface area contributed by atoms with Crippen LogP contribution in [-0.4, -0.2) is 45.4 Å². The SMILES string of the molecule is NS(=O)(=O)c1cc(C(=O)N2CC[C@@H]3CNC[C@@H]3CC2)cs1. The van der Waals surface area contributed by atoms with Gasteiger partial charge < -0.3 is 10.2 Å². The standard InChI is InChI=1S/C13H19N3O3S2/c14-21(18,19)12-5-11(8-20-12)13(17)16-3-1-9-6-15-7-10(9)2-4-16/h5,8-10,15H,1-4,6-7H2,(H2,14,18,19)/t9-,10+. The highest BCUT2D eigenvalue weighted by molar-refractivity contribution is 7.91. The summed E-state index contributed by atoms with van der Waals surface area (Å²) in [6.45, 7) is 3.56. The highest BCUT2D eigenvalue weighted by Gasteiger charge is 2.32. The van der Waals surface area contributed by atoms with E-state index < -0.39 is 10.0 Å². The van der Waals surface area contributed by atoms with E-state index in [1.807, 2.05) is 4.90 Å². The van der Waals surface area contributed by atoms with E-state index in [4.69, 9.17) is 5.14 Å². The van der Waals surface area contributed by atoms with Crippen molar-refractivity contribution in [2.75, 3.05) is 26.2 Å². The summed E-state index contributed by atoms with van der Waals surface area (Å²) >= 11 is 1.00. The number of sulfonamides is 1. The first-order chi connectivity index (χ1) is 9.95. The molecule has 3 heterocycles. The predicted molar refractivity (Wildman–Crippen MR) is 80.7 cm³/mol. The molecule has 1 amide bonds. The molecule has 0 saturated carbocycles. The molecule has 116 valence electrons. The molecule has 0 radical (unpaired) electrons. The van der Waals surface area contributed by atoms with Crippen molar-refractivity contribution in [1.82, 2.24) is 10.2 Å². The maximum atomic E-state index is 12.5. The number of thiophene rings is 1. The lowest BCUT2D eigenvalue weighted by atomic mass is 9.92. The molecule has 3 rings (SSSR count). The number of carbonyl (C=O) groups excluding carboxylic acids is 1. The Morgan fingerprint density at radius 2 is 1.90 bits per heavy atom. The van der Waals surface area contributed by atoms with E-state index in [-0.39, 0.29) is 10.1 Å². The number of nitrogens with two attached hydrogens (primary N) is 1. The molecule has 2 fully saturated rings. The van der Waals surface area contributed by atoms with Crippen LogP contribution in [0.15, 0.2) is 15.7 Å². The molecular formula is C13H19N3O3S2. The number of likely N-dealkylation sites (tertiary alicyclic amines) is 1. The smallest absolute Gasteiger partial charge is 0.254 e. The Bertz CT molecular complexity index is 627. The minimum absolute atomic E-state index is 0.0433. The van der Waals surface area contributed by atoms with Crippen LogP contribution < -0.4 is 10.5 Å². The summed E-state index contributed by atoms with van der Waals surface area (Å²) in [7, 11) is -3.73. The van der Waals surface area contributed by atoms with Crippen molar-refractivity contribution in [2.45, 2.75) is 17.1 Å². The quantitative estimate of drug-likeness (QED) is 0.825. The lowest BCUT2D eigenvalue weighted by Crippen LogP contribution is -2.32. The van der Waals surface area contributed by atoms with Crippen LogP contribution in [0.1, 0.15) is 23.2 Å². The van der Waals surface area contributed by atoms with Gasteiger partial charge in [-0.05, 0) is 43.8 Å². The van der Waals surface area contributed by atoms with Gasteiger partial charge in [-0.3, -0.25) is 4.79 Å². The maximum Gasteiger partial charge on any atom is 0.254 e. The summed E-state index contributed by atoms with van der Waals surface area (Å²) in [5, 5.41) is 10.1. The van der Waals surface area contributed by atoms with E-state index in [0.29, 0.717) is 17.4 Å². The summed E-state index contributed by atoms with van der Waals surface area (Å²) in [6, 6.07) is 1.38. The number of primary sulfonamides is 1. The van der Waals surface area contributed by atoms with Crippen LogP contribution in [0.4, 0.5) is 0 Å². The molecule has 0 aliphatic carbocycles. The maximum absolute atomic E-state index is 12.5. The van der Waals surface area contributed by atoms with Crippen molar-refractivity contribution in [2.24, 2.45) is 17.0 Å². The molecule has 8 heteroatoms. The van der Waals surface area contributed by atoms with Crippen LogP contribution >= 0.6 is 11.3 Å². The van der Waals surface area contributed by atoms with Crippen LogP contribution in [0.2, 0.25) is 0 Å². The lowest BCUT2D eigenvalue weighted by Gasteiger charge is -2.20. The van der Waals surface area contributed by atoms with Gasteiger partial charge in [-0.15, -0.1) is 11.3 Å². The zero-order chi connectivity index (χ0) is 15.0. The summed E-state index contributed by atoms with van der Waals surface area (Å²) in [5.74, 6) is 1.23. The number of hydrogen-bond donors (Lipinski definition) is 2. The Hall–Kier alpha value is -0.960. The fourth-order valence-corrected chi connectivity index (χ4v) is 4.76. The average molecular weight is 329 g/mol. The molecule has 6 nitrogen and oxygen atoms in total. The van der Waals surface area contributed by atoms with Gasteiger partial charge in [0.2, 0.25) is 10.0 Å². The summed E-state index contributed by atoms with van der Waals surface area (Å²) < 4.78 is 22.6. The molecule has 21 heavy (non-hydrogen) atoms. The Kier molecular flexibility index (Phi) is 4.04. The first kappa shape index (κ1) is 15.0. The van der Waals surface area contributed by atoms with Gasteiger partial charge in [0.05, 0.1) is 5.56 Å². The highest BCUT2D eigenvalue weighted by atomic mass is 32.2. The summed E-state index contributed by atoms with van der Waals surface area (Å²) in [5.41, 5.74) is 0.425. The third kappa shape index (κ3) is 3.13. The van der Waals surface area contributed by atoms with Crippen LogP contribution in [0.5, 0.6) is 0 Å². The fraction of sp³-hybridized carbons (Fsp3) is 0.615. The fourth-order valence-electron chi connectivity index (χ4n) is 3.18. The Labute approximate surface area is 128 Å². The number of nitrogens with zero attached hydrogens (tertiary/aromatic N) is 1. The molecule has 1 aromatic heterocycles. The molecule has 0 bridgehead atoms. The van der Waals surface area contributed by atoms with Crippen molar-refractivity contribution in [3.63, 3.8) is 0 Å². The number of amides is 1. The third-order valence-electron chi connectivity index (χ3n) is 4.41. The third-order valence-corrected chi connectivity index (χ3v) is 6.80. The number of hydrogen-bond acceptors (Lipinski definition) is 5. The second-order valence-electron chi connectivity index (χ2n) is 5.75. The van der Waals surface area contributed by atoms with Crippen molar-refractivity contribution in [1.29, 1.82) is 0 Å². The van der Waals surface area contributed by atoms with Gasteiger partial charge in [0.25, 0.3) is 5.91 Å². The van der Waals surface area contributed by atoms with Crippen LogP contribution in [-0.2, 0) is 10.0 Å². The topological polar surface area (TPSA) is 92.5 Å². The molecule has 3 N–H and O–H groups in total. The number of carbonyl (C=O) groups is 1. The minimum atomic E-state index is -3.73. The Morgan fingerprint density at radius 1 is 1.29 bits per heavy atom. The molecule has 2 aliphatic heterocycles. The summed E-state index contributed by atoms with van der Waals surface area (Å²) in [6.07, 6.45) is 2.02. The van der Waals surface area contributed by atoms with E-state index in [1.54, 1.807) is 5.38 Å². The molecule has 0 unspecified atom stereocenters. The van der Waals surface area contributed by atoms with Gasteiger partial charge in [-0.2, -0.15) is 0 Å². The van der Waals surface area contributed by atoms with E-state index in [9.17, 15) is 13.2 Å². The van der Waals surface area contributed by atoms with Crippen molar-refractivity contribution < 1.29 is 13.2 Å². The van der Waals surface area contributed by atoms with Crippen LogP contribution in [0, 0.1) is 11.8 Å². The lowest BCUT2D eigenvalue weighted by molar-refractivity contribution is 0.0759. The van der Waals surface area contributed by atoms with Gasteiger partial charge in [0, 0.05) is 18.5 Å². The van der Waals surface area contributed by atoms with Crippen molar-refractivity contribution in [3.8, 4) is 0 Å². The molecule has 0 aromatic carbocycles. The molecule has 2 atom stereocenters. The normalized spacial score (nSPS) is 26.4. The van der Waals surface area contributed by atoms with Crippen molar-refractivity contribution >= 4 is 27.3 Å².